The first-order valence-electron chi connectivity index (χ1n) is 3.56. The predicted molar refractivity (Wildman–Crippen MR) is 52.1 cm³/mol. The summed E-state index contributed by atoms with van der Waals surface area (Å²) >= 11 is 3.20. The number of nitrogens with zero attached hydrogens (tertiary/aromatic N) is 1. The van der Waals surface area contributed by atoms with Gasteiger partial charge in [-0.15, -0.1) is 0 Å². The highest BCUT2D eigenvalue weighted by atomic mass is 79.9. The average Bonchev–Trinajstić information content (AvgIpc) is 2.03. The van der Waals surface area contributed by atoms with Crippen molar-refractivity contribution in [2.24, 2.45) is 5.73 Å². The molecule has 0 aliphatic rings. The van der Waals surface area contributed by atoms with Gasteiger partial charge in [-0.05, 0) is 40.5 Å². The summed E-state index contributed by atoms with van der Waals surface area (Å²) in [5.41, 5.74) is 6.73. The van der Waals surface area contributed by atoms with Crippen molar-refractivity contribution >= 4 is 21.8 Å². The van der Waals surface area contributed by atoms with E-state index >= 15 is 0 Å². The molecule has 0 unspecified atom stereocenters. The number of benzene rings is 1. The van der Waals surface area contributed by atoms with Gasteiger partial charge < -0.3 is 5.73 Å². The molecule has 0 aliphatic heterocycles. The lowest BCUT2D eigenvalue weighted by atomic mass is 10.1. The van der Waals surface area contributed by atoms with E-state index in [-0.39, 0.29) is 0 Å². The monoisotopic (exact) mass is 238 g/mol. The van der Waals surface area contributed by atoms with E-state index in [1.165, 1.54) is 6.07 Å². The van der Waals surface area contributed by atoms with Gasteiger partial charge in [-0.2, -0.15) is 5.26 Å². The van der Waals surface area contributed by atoms with Crippen molar-refractivity contribution in [2.45, 2.75) is 6.92 Å². The van der Waals surface area contributed by atoms with Crippen LogP contribution < -0.4 is 5.73 Å². The lowest BCUT2D eigenvalue weighted by Crippen LogP contribution is -2.12. The van der Waals surface area contributed by atoms with Gasteiger partial charge in [-0.1, -0.05) is 0 Å². The van der Waals surface area contributed by atoms with E-state index in [9.17, 15) is 4.79 Å². The molecule has 0 aliphatic carbocycles. The third kappa shape index (κ3) is 1.87. The first-order chi connectivity index (χ1) is 6.06. The van der Waals surface area contributed by atoms with Gasteiger partial charge >= 0.3 is 0 Å². The van der Waals surface area contributed by atoms with E-state index in [2.05, 4.69) is 15.9 Å². The molecule has 0 aromatic heterocycles. The number of carbonyl (C=O) groups is 1. The van der Waals surface area contributed by atoms with Crippen molar-refractivity contribution in [3.8, 4) is 6.07 Å². The maximum absolute atomic E-state index is 10.9. The summed E-state index contributed by atoms with van der Waals surface area (Å²) in [6, 6.07) is 5.18. The molecule has 0 saturated carbocycles. The van der Waals surface area contributed by atoms with E-state index in [0.717, 1.165) is 5.56 Å². The van der Waals surface area contributed by atoms with Crippen molar-refractivity contribution in [1.29, 1.82) is 5.26 Å². The standard InChI is InChI=1S/C9H7BrN2O/c1-5-2-8(10)7(9(12)13)3-6(5)4-11/h2-3H,1H3,(H2,12,13). The largest absolute Gasteiger partial charge is 0.366 e. The van der Waals surface area contributed by atoms with Gasteiger partial charge in [0.05, 0.1) is 17.2 Å². The quantitative estimate of drug-likeness (QED) is 0.810. The number of rotatable bonds is 1. The molecule has 2 N–H and O–H groups in total. The summed E-state index contributed by atoms with van der Waals surface area (Å²) in [7, 11) is 0. The first kappa shape index (κ1) is 9.75. The predicted octanol–water partition coefficient (Wildman–Crippen LogP) is 1.73. The van der Waals surface area contributed by atoms with Crippen LogP contribution in [0.5, 0.6) is 0 Å². The normalized spacial score (nSPS) is 9.31. The topological polar surface area (TPSA) is 66.9 Å². The number of hydrogen-bond acceptors (Lipinski definition) is 2. The van der Waals surface area contributed by atoms with E-state index in [1.807, 2.05) is 6.07 Å². The Morgan fingerprint density at radius 1 is 1.62 bits per heavy atom. The van der Waals surface area contributed by atoms with E-state index in [4.69, 9.17) is 11.0 Å². The molecule has 3 nitrogen and oxygen atoms in total. The van der Waals surface area contributed by atoms with Crippen molar-refractivity contribution in [2.75, 3.05) is 0 Å². The minimum Gasteiger partial charge on any atom is -0.366 e. The number of halogens is 1. The van der Waals surface area contributed by atoms with Crippen LogP contribution in [-0.4, -0.2) is 5.91 Å². The summed E-state index contributed by atoms with van der Waals surface area (Å²) in [4.78, 5) is 10.9. The van der Waals surface area contributed by atoms with Crippen LogP contribution in [0.2, 0.25) is 0 Å². The zero-order chi connectivity index (χ0) is 10.0. The highest BCUT2D eigenvalue weighted by molar-refractivity contribution is 9.10. The molecule has 0 bridgehead atoms. The second-order valence-electron chi connectivity index (χ2n) is 2.62. The molecular formula is C9H7BrN2O. The van der Waals surface area contributed by atoms with Crippen molar-refractivity contribution in [1.82, 2.24) is 0 Å². The number of primary amides is 1. The Kier molecular flexibility index (Phi) is 2.69. The number of nitrogens with two attached hydrogens (primary N) is 1. The molecule has 1 aromatic rings. The fourth-order valence-electron chi connectivity index (χ4n) is 0.982. The summed E-state index contributed by atoms with van der Waals surface area (Å²) in [6.07, 6.45) is 0. The van der Waals surface area contributed by atoms with Crippen LogP contribution in [0.4, 0.5) is 0 Å². The number of hydrogen-bond donors (Lipinski definition) is 1. The number of amides is 1. The van der Waals surface area contributed by atoms with Crippen molar-refractivity contribution < 1.29 is 4.79 Å². The molecule has 0 saturated heterocycles. The van der Waals surface area contributed by atoms with Gasteiger partial charge in [-0.3, -0.25) is 4.79 Å². The van der Waals surface area contributed by atoms with Crippen LogP contribution in [0.25, 0.3) is 0 Å². The zero-order valence-electron chi connectivity index (χ0n) is 6.97. The molecule has 66 valence electrons. The molecule has 0 atom stereocenters. The molecule has 1 amide bonds. The van der Waals surface area contributed by atoms with Crippen LogP contribution >= 0.6 is 15.9 Å². The summed E-state index contributed by atoms with van der Waals surface area (Å²) in [5.74, 6) is -0.539. The molecule has 0 radical (unpaired) electrons. The molecule has 1 aromatic carbocycles. The molecule has 0 heterocycles. The maximum atomic E-state index is 10.9. The Morgan fingerprint density at radius 3 is 2.69 bits per heavy atom. The summed E-state index contributed by atoms with van der Waals surface area (Å²) < 4.78 is 0.622. The van der Waals surface area contributed by atoms with Crippen molar-refractivity contribution in [3.63, 3.8) is 0 Å². The fourth-order valence-corrected chi connectivity index (χ4v) is 1.64. The third-order valence-electron chi connectivity index (χ3n) is 1.70. The Labute approximate surface area is 84.3 Å². The average molecular weight is 239 g/mol. The van der Waals surface area contributed by atoms with E-state index < -0.39 is 5.91 Å². The first-order valence-corrected chi connectivity index (χ1v) is 4.35. The van der Waals surface area contributed by atoms with Crippen LogP contribution in [-0.2, 0) is 0 Å². The number of carbonyl (C=O) groups excluding carboxylic acids is 1. The highest BCUT2D eigenvalue weighted by Gasteiger charge is 2.09. The molecule has 1 rings (SSSR count). The van der Waals surface area contributed by atoms with E-state index in [0.29, 0.717) is 15.6 Å². The molecule has 0 spiro atoms. The van der Waals surface area contributed by atoms with Crippen LogP contribution in [0.1, 0.15) is 21.5 Å². The fraction of sp³-hybridized carbons (Fsp3) is 0.111. The Bertz CT molecular complexity index is 407. The molecular weight excluding hydrogens is 232 g/mol. The van der Waals surface area contributed by atoms with Crippen molar-refractivity contribution in [3.05, 3.63) is 33.3 Å². The highest BCUT2D eigenvalue weighted by Crippen LogP contribution is 2.20. The molecule has 4 heteroatoms. The Balaban J connectivity index is 3.41. The van der Waals surface area contributed by atoms with Gasteiger partial charge in [0.1, 0.15) is 0 Å². The SMILES string of the molecule is Cc1cc(Br)c(C(N)=O)cc1C#N. The van der Waals surface area contributed by atoms with Crippen LogP contribution in [0.15, 0.2) is 16.6 Å². The van der Waals surface area contributed by atoms with E-state index in [1.54, 1.807) is 13.0 Å². The van der Waals surface area contributed by atoms with Gasteiger partial charge in [0, 0.05) is 4.47 Å². The van der Waals surface area contributed by atoms with Gasteiger partial charge in [0.15, 0.2) is 0 Å². The zero-order valence-corrected chi connectivity index (χ0v) is 8.55. The Hall–Kier alpha value is -1.34. The third-order valence-corrected chi connectivity index (χ3v) is 2.36. The minimum atomic E-state index is -0.539. The molecule has 13 heavy (non-hydrogen) atoms. The lowest BCUT2D eigenvalue weighted by Gasteiger charge is -2.02. The number of nitriles is 1. The second-order valence-corrected chi connectivity index (χ2v) is 3.48. The van der Waals surface area contributed by atoms with Crippen LogP contribution in [0, 0.1) is 18.3 Å². The minimum absolute atomic E-state index is 0.335. The van der Waals surface area contributed by atoms with Gasteiger partial charge in [0.2, 0.25) is 5.91 Å². The van der Waals surface area contributed by atoms with Crippen LogP contribution in [0.3, 0.4) is 0 Å². The maximum Gasteiger partial charge on any atom is 0.249 e. The Morgan fingerprint density at radius 2 is 2.23 bits per heavy atom. The second kappa shape index (κ2) is 3.58. The summed E-state index contributed by atoms with van der Waals surface area (Å²) in [5, 5.41) is 8.70. The smallest absolute Gasteiger partial charge is 0.249 e. The lowest BCUT2D eigenvalue weighted by molar-refractivity contribution is 0.0999. The summed E-state index contributed by atoms with van der Waals surface area (Å²) in [6.45, 7) is 1.80. The van der Waals surface area contributed by atoms with Gasteiger partial charge in [0.25, 0.3) is 0 Å². The number of aryl methyl sites for hydroxylation is 1. The van der Waals surface area contributed by atoms with Gasteiger partial charge in [-0.25, -0.2) is 0 Å². The molecule has 0 fully saturated rings.